The van der Waals surface area contributed by atoms with Crippen molar-refractivity contribution >= 4 is 11.7 Å². The molecule has 102 valence electrons. The Morgan fingerprint density at radius 2 is 2.11 bits per heavy atom. The fourth-order valence-electron chi connectivity index (χ4n) is 1.44. The molecule has 6 heteroatoms. The Morgan fingerprint density at radius 3 is 2.63 bits per heavy atom. The van der Waals surface area contributed by atoms with Crippen molar-refractivity contribution in [3.63, 3.8) is 0 Å². The second kappa shape index (κ2) is 7.27. The molecule has 6 nitrogen and oxygen atoms in total. The van der Waals surface area contributed by atoms with Crippen molar-refractivity contribution in [1.82, 2.24) is 0 Å². The average Bonchev–Trinajstić information content (AvgIpc) is 2.39. The number of aliphatic hydroxyl groups is 1. The van der Waals surface area contributed by atoms with Gasteiger partial charge in [0, 0.05) is 18.2 Å². The summed E-state index contributed by atoms with van der Waals surface area (Å²) in [7, 11) is 0. The number of nitrogens with zero attached hydrogens (tertiary/aromatic N) is 1. The van der Waals surface area contributed by atoms with Gasteiger partial charge in [-0.25, -0.2) is 4.79 Å². The lowest BCUT2D eigenvalue weighted by Crippen LogP contribution is -2.00. The molecule has 0 amide bonds. The van der Waals surface area contributed by atoms with Crippen LogP contribution in [0.5, 0.6) is 0 Å². The Morgan fingerprint density at radius 1 is 1.47 bits per heavy atom. The first-order valence-corrected chi connectivity index (χ1v) is 5.80. The number of nitro groups is 1. The van der Waals surface area contributed by atoms with Gasteiger partial charge >= 0.3 is 5.97 Å². The molecule has 0 fully saturated rings. The minimum atomic E-state index is -0.813. The summed E-state index contributed by atoms with van der Waals surface area (Å²) in [6.45, 7) is 2.01. The van der Waals surface area contributed by atoms with Crippen molar-refractivity contribution in [1.29, 1.82) is 0 Å². The van der Waals surface area contributed by atoms with E-state index in [4.69, 9.17) is 0 Å². The van der Waals surface area contributed by atoms with Gasteiger partial charge in [0.15, 0.2) is 0 Å². The smallest absolute Gasteiger partial charge is 0.330 e. The molecule has 0 saturated heterocycles. The van der Waals surface area contributed by atoms with Crippen LogP contribution in [0.15, 0.2) is 36.4 Å². The quantitative estimate of drug-likeness (QED) is 0.368. The van der Waals surface area contributed by atoms with Crippen LogP contribution in [0.3, 0.4) is 0 Å². The predicted octanol–water partition coefficient (Wildman–Crippen LogP) is 2.14. The van der Waals surface area contributed by atoms with Crippen molar-refractivity contribution in [2.24, 2.45) is 0 Å². The fraction of sp³-hybridized carbons (Fsp3) is 0.308. The van der Waals surface area contributed by atoms with Crippen LogP contribution in [-0.4, -0.2) is 22.6 Å². The van der Waals surface area contributed by atoms with E-state index < -0.39 is 17.0 Å². The third-order valence-electron chi connectivity index (χ3n) is 2.39. The highest BCUT2D eigenvalue weighted by Gasteiger charge is 2.09. The Bertz CT molecular complexity index is 466. The van der Waals surface area contributed by atoms with Crippen LogP contribution in [0, 0.1) is 10.1 Å². The number of nitro benzene ring substituents is 1. The van der Waals surface area contributed by atoms with E-state index in [9.17, 15) is 20.0 Å². The second-order valence-corrected chi connectivity index (χ2v) is 3.75. The number of aliphatic hydroxyl groups excluding tert-OH is 1. The third kappa shape index (κ3) is 4.89. The molecule has 1 aromatic carbocycles. The number of ether oxygens (including phenoxy) is 1. The first-order chi connectivity index (χ1) is 9.04. The summed E-state index contributed by atoms with van der Waals surface area (Å²) >= 11 is 0. The van der Waals surface area contributed by atoms with E-state index in [1.165, 1.54) is 36.4 Å². The Hall–Kier alpha value is -2.21. The van der Waals surface area contributed by atoms with E-state index in [-0.39, 0.29) is 12.1 Å². The van der Waals surface area contributed by atoms with Gasteiger partial charge in [-0.05, 0) is 31.0 Å². The number of hydrogen-bond acceptors (Lipinski definition) is 5. The van der Waals surface area contributed by atoms with Crippen LogP contribution in [0.4, 0.5) is 5.69 Å². The Balaban J connectivity index is 2.56. The fourth-order valence-corrected chi connectivity index (χ4v) is 1.44. The van der Waals surface area contributed by atoms with Crippen molar-refractivity contribution in [2.45, 2.75) is 19.4 Å². The van der Waals surface area contributed by atoms with Gasteiger partial charge in [-0.3, -0.25) is 10.1 Å². The van der Waals surface area contributed by atoms with Crippen LogP contribution >= 0.6 is 0 Å². The summed E-state index contributed by atoms with van der Waals surface area (Å²) in [5, 5.41) is 20.3. The maximum Gasteiger partial charge on any atom is 0.330 e. The summed E-state index contributed by atoms with van der Waals surface area (Å²) < 4.78 is 4.69. The van der Waals surface area contributed by atoms with E-state index in [1.54, 1.807) is 6.92 Å². The zero-order chi connectivity index (χ0) is 14.3. The van der Waals surface area contributed by atoms with Gasteiger partial charge in [-0.1, -0.05) is 6.08 Å². The summed E-state index contributed by atoms with van der Waals surface area (Å²) in [4.78, 5) is 21.0. The second-order valence-electron chi connectivity index (χ2n) is 3.75. The van der Waals surface area contributed by atoms with E-state index in [2.05, 4.69) is 4.74 Å². The lowest BCUT2D eigenvalue weighted by Gasteiger charge is -2.07. The van der Waals surface area contributed by atoms with Crippen LogP contribution in [0.1, 0.15) is 25.0 Å². The van der Waals surface area contributed by atoms with Crippen LogP contribution in [-0.2, 0) is 9.53 Å². The van der Waals surface area contributed by atoms with Gasteiger partial charge in [-0.2, -0.15) is 0 Å². The average molecular weight is 265 g/mol. The van der Waals surface area contributed by atoms with Crippen LogP contribution in [0.25, 0.3) is 0 Å². The monoisotopic (exact) mass is 265 g/mol. The predicted molar refractivity (Wildman–Crippen MR) is 68.4 cm³/mol. The molecule has 1 N–H and O–H groups in total. The summed E-state index contributed by atoms with van der Waals surface area (Å²) in [5.74, 6) is -0.460. The molecule has 0 radical (unpaired) electrons. The number of carbonyl (C=O) groups is 1. The van der Waals surface area contributed by atoms with Gasteiger partial charge in [0.25, 0.3) is 5.69 Å². The minimum absolute atomic E-state index is 0.0296. The first-order valence-electron chi connectivity index (χ1n) is 5.80. The molecular weight excluding hydrogens is 250 g/mol. The number of carbonyl (C=O) groups excluding carboxylic acids is 1. The molecule has 19 heavy (non-hydrogen) atoms. The zero-order valence-corrected chi connectivity index (χ0v) is 10.5. The third-order valence-corrected chi connectivity index (χ3v) is 2.39. The number of hydrogen-bond donors (Lipinski definition) is 1. The van der Waals surface area contributed by atoms with E-state index in [1.807, 2.05) is 0 Å². The number of benzene rings is 1. The molecule has 1 aromatic rings. The topological polar surface area (TPSA) is 89.7 Å². The van der Waals surface area contributed by atoms with Crippen molar-refractivity contribution in [3.8, 4) is 0 Å². The number of rotatable bonds is 6. The molecule has 1 rings (SSSR count). The maximum absolute atomic E-state index is 11.0. The van der Waals surface area contributed by atoms with Gasteiger partial charge in [-0.15, -0.1) is 0 Å². The molecule has 0 spiro atoms. The molecule has 0 heterocycles. The largest absolute Gasteiger partial charge is 0.463 e. The molecule has 0 aliphatic rings. The molecule has 0 aliphatic carbocycles. The minimum Gasteiger partial charge on any atom is -0.463 e. The normalized spacial score (nSPS) is 12.3. The van der Waals surface area contributed by atoms with E-state index >= 15 is 0 Å². The summed E-state index contributed by atoms with van der Waals surface area (Å²) in [5.41, 5.74) is 0.525. The van der Waals surface area contributed by atoms with Crippen molar-refractivity contribution in [3.05, 3.63) is 52.1 Å². The lowest BCUT2D eigenvalue weighted by molar-refractivity contribution is -0.384. The van der Waals surface area contributed by atoms with Crippen molar-refractivity contribution < 1.29 is 19.6 Å². The van der Waals surface area contributed by atoms with E-state index in [0.29, 0.717) is 12.2 Å². The standard InChI is InChI=1S/C13H15NO5/c1-2-19-13(16)5-3-4-12(15)10-6-8-11(9-7-10)14(17)18/h3,5-9,12,15H,2,4H2,1H3/b5-3+. The van der Waals surface area contributed by atoms with Gasteiger partial charge in [0.05, 0.1) is 17.6 Å². The first kappa shape index (κ1) is 14.8. The molecule has 0 aliphatic heterocycles. The maximum atomic E-state index is 11.0. The number of non-ortho nitro benzene ring substituents is 1. The lowest BCUT2D eigenvalue weighted by atomic mass is 10.1. The Labute approximate surface area is 110 Å². The molecular formula is C13H15NO5. The molecule has 0 bridgehead atoms. The Kier molecular flexibility index (Phi) is 5.69. The van der Waals surface area contributed by atoms with Crippen LogP contribution in [0.2, 0.25) is 0 Å². The molecule has 1 unspecified atom stereocenters. The van der Waals surface area contributed by atoms with Gasteiger partial charge in [0.2, 0.25) is 0 Å². The SMILES string of the molecule is CCOC(=O)/C=C/CC(O)c1ccc([N+](=O)[O-])cc1. The molecule has 0 aromatic heterocycles. The number of esters is 1. The van der Waals surface area contributed by atoms with Gasteiger partial charge < -0.3 is 9.84 Å². The summed E-state index contributed by atoms with van der Waals surface area (Å²) in [6, 6.07) is 5.63. The van der Waals surface area contributed by atoms with Gasteiger partial charge in [0.1, 0.15) is 0 Å². The highest BCUT2D eigenvalue weighted by Crippen LogP contribution is 2.20. The van der Waals surface area contributed by atoms with Crippen molar-refractivity contribution in [2.75, 3.05) is 6.61 Å². The molecule has 0 saturated carbocycles. The summed E-state index contributed by atoms with van der Waals surface area (Å²) in [6.07, 6.45) is 2.17. The highest BCUT2D eigenvalue weighted by molar-refractivity contribution is 5.81. The zero-order valence-electron chi connectivity index (χ0n) is 10.5. The van der Waals surface area contributed by atoms with Crippen LogP contribution < -0.4 is 0 Å². The van der Waals surface area contributed by atoms with E-state index in [0.717, 1.165) is 0 Å². The molecule has 1 atom stereocenters. The highest BCUT2D eigenvalue weighted by atomic mass is 16.6.